The van der Waals surface area contributed by atoms with Crippen molar-refractivity contribution < 1.29 is 9.72 Å². The van der Waals surface area contributed by atoms with Crippen LogP contribution in [0.5, 0.6) is 0 Å². The van der Waals surface area contributed by atoms with Crippen molar-refractivity contribution in [2.45, 2.75) is 13.3 Å². The molecule has 2 heterocycles. The SMILES string of the molecule is CC(=O)c1cccc(Nc2ncnc(N3CCc4ccccc43)c2[N+](=O)[O-])c1. The molecule has 1 N–H and O–H groups in total. The molecule has 3 aromatic rings. The molecule has 0 saturated carbocycles. The van der Waals surface area contributed by atoms with Crippen molar-refractivity contribution in [2.24, 2.45) is 0 Å². The van der Waals surface area contributed by atoms with Crippen LogP contribution in [0, 0.1) is 10.1 Å². The molecule has 0 spiro atoms. The van der Waals surface area contributed by atoms with Gasteiger partial charge in [0.2, 0.25) is 11.6 Å². The molecule has 0 saturated heterocycles. The number of aromatic nitrogens is 2. The zero-order chi connectivity index (χ0) is 19.7. The lowest BCUT2D eigenvalue weighted by Gasteiger charge is -2.19. The van der Waals surface area contributed by atoms with Crippen molar-refractivity contribution in [3.05, 3.63) is 76.1 Å². The number of carbonyl (C=O) groups is 1. The number of carbonyl (C=O) groups excluding carboxylic acids is 1. The predicted octanol–water partition coefficient (Wildman–Crippen LogP) is 4.03. The summed E-state index contributed by atoms with van der Waals surface area (Å²) >= 11 is 0. The molecule has 8 heteroatoms. The highest BCUT2D eigenvalue weighted by Crippen LogP contribution is 2.40. The quantitative estimate of drug-likeness (QED) is 0.408. The monoisotopic (exact) mass is 375 g/mol. The standard InChI is InChI=1S/C20H17N5O3/c1-13(26)15-6-4-7-16(11-15)23-19-18(25(27)28)20(22-12-21-19)24-10-9-14-5-2-3-8-17(14)24/h2-8,11-12H,9-10H2,1H3,(H,21,22,23). The van der Waals surface area contributed by atoms with Gasteiger partial charge in [-0.2, -0.15) is 0 Å². The highest BCUT2D eigenvalue weighted by molar-refractivity contribution is 5.95. The van der Waals surface area contributed by atoms with Gasteiger partial charge in [0.25, 0.3) is 0 Å². The van der Waals surface area contributed by atoms with E-state index in [0.717, 1.165) is 17.7 Å². The number of fused-ring (bicyclic) bond motifs is 1. The van der Waals surface area contributed by atoms with Gasteiger partial charge in [-0.1, -0.05) is 30.3 Å². The molecule has 4 rings (SSSR count). The number of hydrogen-bond acceptors (Lipinski definition) is 7. The highest BCUT2D eigenvalue weighted by Gasteiger charge is 2.31. The van der Waals surface area contributed by atoms with Crippen LogP contribution in [0.15, 0.2) is 54.9 Å². The van der Waals surface area contributed by atoms with E-state index in [1.807, 2.05) is 29.2 Å². The third-order valence-electron chi connectivity index (χ3n) is 4.66. The zero-order valence-electron chi connectivity index (χ0n) is 15.1. The maximum Gasteiger partial charge on any atom is 0.354 e. The second-order valence-electron chi connectivity index (χ2n) is 6.44. The summed E-state index contributed by atoms with van der Waals surface area (Å²) < 4.78 is 0. The Morgan fingerprint density at radius 2 is 2.00 bits per heavy atom. The maximum absolute atomic E-state index is 11.9. The summed E-state index contributed by atoms with van der Waals surface area (Å²) in [6.45, 7) is 2.08. The van der Waals surface area contributed by atoms with Gasteiger partial charge in [0.15, 0.2) is 5.78 Å². The zero-order valence-corrected chi connectivity index (χ0v) is 15.1. The molecular formula is C20H17N5O3. The molecule has 8 nitrogen and oxygen atoms in total. The van der Waals surface area contributed by atoms with Gasteiger partial charge in [0, 0.05) is 23.5 Å². The Labute approximate surface area is 161 Å². The van der Waals surface area contributed by atoms with E-state index in [-0.39, 0.29) is 23.1 Å². The molecule has 1 aromatic heterocycles. The third kappa shape index (κ3) is 3.16. The largest absolute Gasteiger partial charge is 0.354 e. The van der Waals surface area contributed by atoms with Crippen LogP contribution in [0.3, 0.4) is 0 Å². The van der Waals surface area contributed by atoms with E-state index >= 15 is 0 Å². The van der Waals surface area contributed by atoms with Crippen molar-refractivity contribution >= 4 is 34.5 Å². The molecule has 0 bridgehead atoms. The lowest BCUT2D eigenvalue weighted by molar-refractivity contribution is -0.383. The van der Waals surface area contributed by atoms with Crippen LogP contribution < -0.4 is 10.2 Å². The minimum Gasteiger partial charge on any atom is -0.334 e. The molecule has 0 radical (unpaired) electrons. The predicted molar refractivity (Wildman–Crippen MR) is 106 cm³/mol. The van der Waals surface area contributed by atoms with Gasteiger partial charge in [-0.15, -0.1) is 0 Å². The number of anilines is 4. The highest BCUT2D eigenvalue weighted by atomic mass is 16.6. The molecule has 0 fully saturated rings. The summed E-state index contributed by atoms with van der Waals surface area (Å²) in [4.78, 5) is 33.1. The normalized spacial score (nSPS) is 12.5. The first-order valence-corrected chi connectivity index (χ1v) is 8.77. The Kier molecular flexibility index (Phi) is 4.44. The number of ketones is 1. The van der Waals surface area contributed by atoms with Crippen LogP contribution in [0.4, 0.5) is 28.7 Å². The first-order valence-electron chi connectivity index (χ1n) is 8.77. The average molecular weight is 375 g/mol. The Hall–Kier alpha value is -3.81. The van der Waals surface area contributed by atoms with Gasteiger partial charge >= 0.3 is 5.69 Å². The van der Waals surface area contributed by atoms with Gasteiger partial charge in [0.05, 0.1) is 4.92 Å². The Bertz CT molecular complexity index is 1080. The van der Waals surface area contributed by atoms with Crippen molar-refractivity contribution in [2.75, 3.05) is 16.8 Å². The number of nitrogens with one attached hydrogen (secondary N) is 1. The van der Waals surface area contributed by atoms with Gasteiger partial charge in [-0.3, -0.25) is 14.9 Å². The summed E-state index contributed by atoms with van der Waals surface area (Å²) in [5.74, 6) is 0.241. The van der Waals surface area contributed by atoms with E-state index in [0.29, 0.717) is 17.8 Å². The second kappa shape index (κ2) is 7.07. The minimum atomic E-state index is -0.479. The molecular weight excluding hydrogens is 358 g/mol. The van der Waals surface area contributed by atoms with Crippen molar-refractivity contribution in [3.63, 3.8) is 0 Å². The van der Waals surface area contributed by atoms with E-state index < -0.39 is 4.92 Å². The van der Waals surface area contributed by atoms with E-state index in [9.17, 15) is 14.9 Å². The number of nitrogens with zero attached hydrogens (tertiary/aromatic N) is 4. The van der Waals surface area contributed by atoms with E-state index in [1.54, 1.807) is 24.3 Å². The topological polar surface area (TPSA) is 101 Å². The van der Waals surface area contributed by atoms with Crippen molar-refractivity contribution in [1.29, 1.82) is 0 Å². The number of benzene rings is 2. The summed E-state index contributed by atoms with van der Waals surface area (Å²) in [5, 5.41) is 14.8. The van der Waals surface area contributed by atoms with Gasteiger partial charge < -0.3 is 10.2 Å². The van der Waals surface area contributed by atoms with Gasteiger partial charge in [-0.05, 0) is 37.1 Å². The van der Waals surface area contributed by atoms with Crippen LogP contribution in [-0.4, -0.2) is 27.2 Å². The smallest absolute Gasteiger partial charge is 0.334 e. The van der Waals surface area contributed by atoms with Crippen molar-refractivity contribution in [3.8, 4) is 0 Å². The molecule has 1 aliphatic heterocycles. The fourth-order valence-corrected chi connectivity index (χ4v) is 3.34. The first-order chi connectivity index (χ1) is 13.5. The summed E-state index contributed by atoms with van der Waals surface area (Å²) in [5.41, 5.74) is 2.89. The lowest BCUT2D eigenvalue weighted by Crippen LogP contribution is -2.17. The number of rotatable bonds is 5. The fraction of sp³-hybridized carbons (Fsp3) is 0.150. The Morgan fingerprint density at radius 1 is 1.18 bits per heavy atom. The summed E-state index contributed by atoms with van der Waals surface area (Å²) in [6, 6.07) is 14.6. The molecule has 0 unspecified atom stereocenters. The maximum atomic E-state index is 11.9. The van der Waals surface area contributed by atoms with E-state index in [4.69, 9.17) is 0 Å². The fourth-order valence-electron chi connectivity index (χ4n) is 3.34. The van der Waals surface area contributed by atoms with Crippen LogP contribution >= 0.6 is 0 Å². The number of Topliss-reactive ketones (excluding diaryl/α,β-unsaturated/α-hetero) is 1. The third-order valence-corrected chi connectivity index (χ3v) is 4.66. The molecule has 2 aromatic carbocycles. The summed E-state index contributed by atoms with van der Waals surface area (Å²) in [6.07, 6.45) is 2.10. The molecule has 1 aliphatic rings. The number of hydrogen-bond donors (Lipinski definition) is 1. The molecule has 28 heavy (non-hydrogen) atoms. The number of nitro groups is 1. The Morgan fingerprint density at radius 3 is 2.79 bits per heavy atom. The first kappa shape index (κ1) is 17.6. The van der Waals surface area contributed by atoms with E-state index in [2.05, 4.69) is 15.3 Å². The Balaban J connectivity index is 1.76. The van der Waals surface area contributed by atoms with Crippen LogP contribution in [0.2, 0.25) is 0 Å². The van der Waals surface area contributed by atoms with Crippen LogP contribution in [0.1, 0.15) is 22.8 Å². The molecule has 0 amide bonds. The average Bonchev–Trinajstić information content (AvgIpc) is 3.12. The van der Waals surface area contributed by atoms with Crippen LogP contribution in [-0.2, 0) is 6.42 Å². The molecule has 0 aliphatic carbocycles. The number of para-hydroxylation sites is 1. The second-order valence-corrected chi connectivity index (χ2v) is 6.44. The van der Waals surface area contributed by atoms with Crippen molar-refractivity contribution in [1.82, 2.24) is 9.97 Å². The van der Waals surface area contributed by atoms with Gasteiger partial charge in [0.1, 0.15) is 6.33 Å². The minimum absolute atomic E-state index is 0.0834. The molecule has 140 valence electrons. The summed E-state index contributed by atoms with van der Waals surface area (Å²) in [7, 11) is 0. The lowest BCUT2D eigenvalue weighted by atomic mass is 10.1. The van der Waals surface area contributed by atoms with Crippen LogP contribution in [0.25, 0.3) is 0 Å². The van der Waals surface area contributed by atoms with Gasteiger partial charge in [-0.25, -0.2) is 9.97 Å². The molecule has 0 atom stereocenters. The van der Waals surface area contributed by atoms with E-state index in [1.165, 1.54) is 13.3 Å².